The van der Waals surface area contributed by atoms with Crippen LogP contribution in [0.25, 0.3) is 0 Å². The van der Waals surface area contributed by atoms with E-state index in [-0.39, 0.29) is 0 Å². The van der Waals surface area contributed by atoms with Gasteiger partial charge in [-0.1, -0.05) is 12.8 Å². The highest BCUT2D eigenvalue weighted by atomic mass is 15.2. The predicted molar refractivity (Wildman–Crippen MR) is 55.9 cm³/mol. The number of nitrogens with one attached hydrogen (secondary N) is 1. The predicted octanol–water partition coefficient (Wildman–Crippen LogP) is 1.61. The molecule has 1 aliphatic heterocycles. The van der Waals surface area contributed by atoms with Gasteiger partial charge in [0.1, 0.15) is 0 Å². The molecule has 1 unspecified atom stereocenters. The van der Waals surface area contributed by atoms with Gasteiger partial charge < -0.3 is 10.2 Å². The number of hydrogen-bond donors (Lipinski definition) is 1. The maximum Gasteiger partial charge on any atom is 0.0308 e. The third kappa shape index (κ3) is 1.89. The Kier molecular flexibility index (Phi) is 2.61. The fraction of sp³-hybridized carbons (Fsp3) is 1.00. The van der Waals surface area contributed by atoms with E-state index in [1.165, 1.54) is 45.2 Å². The minimum atomic E-state index is 0.486. The van der Waals surface area contributed by atoms with Crippen LogP contribution in [0.2, 0.25) is 0 Å². The summed E-state index contributed by atoms with van der Waals surface area (Å²) in [6.45, 7) is 4.81. The highest BCUT2D eigenvalue weighted by Gasteiger charge is 2.36. The Morgan fingerprint density at radius 2 is 2.00 bits per heavy atom. The van der Waals surface area contributed by atoms with Gasteiger partial charge in [-0.3, -0.25) is 0 Å². The summed E-state index contributed by atoms with van der Waals surface area (Å²) in [6.07, 6.45) is 6.94. The Labute approximate surface area is 81.7 Å². The summed E-state index contributed by atoms with van der Waals surface area (Å²) < 4.78 is 0. The summed E-state index contributed by atoms with van der Waals surface area (Å²) in [7, 11) is 2.28. The zero-order chi connectivity index (χ0) is 9.31. The minimum Gasteiger partial charge on any atom is -0.310 e. The van der Waals surface area contributed by atoms with E-state index in [1.807, 2.05) is 0 Å². The molecule has 0 radical (unpaired) electrons. The molecule has 0 aromatic heterocycles. The van der Waals surface area contributed by atoms with Gasteiger partial charge in [0.2, 0.25) is 0 Å². The second-order valence-corrected chi connectivity index (χ2v) is 4.97. The van der Waals surface area contributed by atoms with Crippen molar-refractivity contribution in [2.45, 2.75) is 50.6 Å². The van der Waals surface area contributed by atoms with Crippen molar-refractivity contribution in [3.8, 4) is 0 Å². The number of hydrogen-bond acceptors (Lipinski definition) is 2. The van der Waals surface area contributed by atoms with Crippen LogP contribution >= 0.6 is 0 Å². The van der Waals surface area contributed by atoms with E-state index in [2.05, 4.69) is 24.2 Å². The van der Waals surface area contributed by atoms with Crippen molar-refractivity contribution >= 4 is 0 Å². The molecule has 0 aromatic carbocycles. The minimum absolute atomic E-state index is 0.486. The van der Waals surface area contributed by atoms with E-state index in [9.17, 15) is 0 Å². The smallest absolute Gasteiger partial charge is 0.0308 e. The van der Waals surface area contributed by atoms with Gasteiger partial charge in [0.15, 0.2) is 0 Å². The van der Waals surface area contributed by atoms with E-state index < -0.39 is 0 Å². The van der Waals surface area contributed by atoms with Crippen LogP contribution in [0, 0.1) is 0 Å². The Bertz CT molecular complexity index is 173. The third-order valence-electron chi connectivity index (χ3n) is 3.93. The average Bonchev–Trinajstić information content (AvgIpc) is 2.47. The Morgan fingerprint density at radius 3 is 2.69 bits per heavy atom. The normalized spacial score (nSPS) is 35.1. The number of likely N-dealkylation sites (N-methyl/N-ethyl adjacent to an activating group) is 1. The van der Waals surface area contributed by atoms with Crippen molar-refractivity contribution in [1.82, 2.24) is 10.2 Å². The molecule has 1 aliphatic carbocycles. The summed E-state index contributed by atoms with van der Waals surface area (Å²) in [5.74, 6) is 0. The van der Waals surface area contributed by atoms with Crippen LogP contribution in [0.5, 0.6) is 0 Å². The Hall–Kier alpha value is -0.0800. The van der Waals surface area contributed by atoms with Gasteiger partial charge in [-0.05, 0) is 39.8 Å². The molecule has 2 heteroatoms. The van der Waals surface area contributed by atoms with Crippen LogP contribution < -0.4 is 5.32 Å². The van der Waals surface area contributed by atoms with E-state index in [4.69, 9.17) is 0 Å². The van der Waals surface area contributed by atoms with Gasteiger partial charge in [-0.2, -0.15) is 0 Å². The molecule has 0 amide bonds. The first-order chi connectivity index (χ1) is 6.22. The summed E-state index contributed by atoms with van der Waals surface area (Å²) in [4.78, 5) is 2.53. The van der Waals surface area contributed by atoms with Gasteiger partial charge >= 0.3 is 0 Å². The van der Waals surface area contributed by atoms with Gasteiger partial charge in [-0.25, -0.2) is 0 Å². The van der Waals surface area contributed by atoms with E-state index in [0.29, 0.717) is 5.54 Å². The highest BCUT2D eigenvalue weighted by Crippen LogP contribution is 2.32. The molecule has 13 heavy (non-hydrogen) atoms. The number of nitrogens with zero attached hydrogens (tertiary/aromatic N) is 1. The van der Waals surface area contributed by atoms with Crippen LogP contribution in [-0.2, 0) is 0 Å². The lowest BCUT2D eigenvalue weighted by Gasteiger charge is -2.33. The SMILES string of the molecule is CC1CCNC2(CCCC2)CN1C. The second kappa shape index (κ2) is 3.58. The fourth-order valence-corrected chi connectivity index (χ4v) is 2.84. The molecule has 2 nitrogen and oxygen atoms in total. The van der Waals surface area contributed by atoms with E-state index in [1.54, 1.807) is 0 Å². The fourth-order valence-electron chi connectivity index (χ4n) is 2.84. The zero-order valence-corrected chi connectivity index (χ0v) is 8.97. The molecule has 0 aromatic rings. The van der Waals surface area contributed by atoms with Gasteiger partial charge in [0.05, 0.1) is 0 Å². The van der Waals surface area contributed by atoms with Crippen molar-refractivity contribution < 1.29 is 0 Å². The lowest BCUT2D eigenvalue weighted by atomic mass is 9.97. The quantitative estimate of drug-likeness (QED) is 0.612. The summed E-state index contributed by atoms with van der Waals surface area (Å²) >= 11 is 0. The van der Waals surface area contributed by atoms with Crippen molar-refractivity contribution in [2.24, 2.45) is 0 Å². The average molecular weight is 182 g/mol. The molecule has 76 valence electrons. The van der Waals surface area contributed by atoms with E-state index >= 15 is 0 Å². The first-order valence-corrected chi connectivity index (χ1v) is 5.67. The molecule has 1 heterocycles. The molecule has 2 rings (SSSR count). The standard InChI is InChI=1S/C11H22N2/c1-10-5-8-12-11(9-13(10)2)6-3-4-7-11/h10,12H,3-9H2,1-2H3. The Balaban J connectivity index is 2.04. The van der Waals surface area contributed by atoms with Crippen LogP contribution in [-0.4, -0.2) is 36.6 Å². The maximum atomic E-state index is 3.78. The third-order valence-corrected chi connectivity index (χ3v) is 3.93. The van der Waals surface area contributed by atoms with Crippen molar-refractivity contribution in [3.05, 3.63) is 0 Å². The first-order valence-electron chi connectivity index (χ1n) is 5.67. The number of rotatable bonds is 0. The molecule has 1 atom stereocenters. The molecule has 1 saturated heterocycles. The van der Waals surface area contributed by atoms with Crippen LogP contribution in [0.15, 0.2) is 0 Å². The van der Waals surface area contributed by atoms with Crippen molar-refractivity contribution in [1.29, 1.82) is 0 Å². The molecule has 1 spiro atoms. The molecular formula is C11H22N2. The highest BCUT2D eigenvalue weighted by molar-refractivity contribution is 4.97. The molecule has 1 saturated carbocycles. The second-order valence-electron chi connectivity index (χ2n) is 4.97. The molecule has 2 fully saturated rings. The Morgan fingerprint density at radius 1 is 1.31 bits per heavy atom. The van der Waals surface area contributed by atoms with Crippen LogP contribution in [0.1, 0.15) is 39.0 Å². The molecular weight excluding hydrogens is 160 g/mol. The largest absolute Gasteiger partial charge is 0.310 e. The van der Waals surface area contributed by atoms with Gasteiger partial charge in [-0.15, -0.1) is 0 Å². The lowest BCUT2D eigenvalue weighted by molar-refractivity contribution is 0.204. The van der Waals surface area contributed by atoms with Crippen molar-refractivity contribution in [2.75, 3.05) is 20.1 Å². The summed E-state index contributed by atoms with van der Waals surface area (Å²) in [5, 5.41) is 3.78. The lowest BCUT2D eigenvalue weighted by Crippen LogP contribution is -2.49. The van der Waals surface area contributed by atoms with Gasteiger partial charge in [0, 0.05) is 18.1 Å². The van der Waals surface area contributed by atoms with Gasteiger partial charge in [0.25, 0.3) is 0 Å². The molecule has 0 bridgehead atoms. The topological polar surface area (TPSA) is 15.3 Å². The van der Waals surface area contributed by atoms with Crippen LogP contribution in [0.3, 0.4) is 0 Å². The zero-order valence-electron chi connectivity index (χ0n) is 8.97. The van der Waals surface area contributed by atoms with E-state index in [0.717, 1.165) is 6.04 Å². The first kappa shape index (κ1) is 9.47. The molecule has 1 N–H and O–H groups in total. The maximum absolute atomic E-state index is 3.78. The van der Waals surface area contributed by atoms with Crippen LogP contribution in [0.4, 0.5) is 0 Å². The van der Waals surface area contributed by atoms with Crippen molar-refractivity contribution in [3.63, 3.8) is 0 Å². The summed E-state index contributed by atoms with van der Waals surface area (Å²) in [5.41, 5.74) is 0.486. The molecule has 2 aliphatic rings. The monoisotopic (exact) mass is 182 g/mol. The summed E-state index contributed by atoms with van der Waals surface area (Å²) in [6, 6.07) is 0.757.